The van der Waals surface area contributed by atoms with Crippen LogP contribution in [0.3, 0.4) is 0 Å². The molecule has 0 aromatic heterocycles. The van der Waals surface area contributed by atoms with Crippen LogP contribution in [-0.2, 0) is 4.79 Å². The summed E-state index contributed by atoms with van der Waals surface area (Å²) in [6.07, 6.45) is 0. The summed E-state index contributed by atoms with van der Waals surface area (Å²) in [5, 5.41) is 7.85. The molecule has 0 radical (unpaired) electrons. The van der Waals surface area contributed by atoms with Gasteiger partial charge in [0.2, 0.25) is 5.91 Å². The van der Waals surface area contributed by atoms with E-state index in [0.29, 0.717) is 17.9 Å². The molecular formula is C11H17ClN4O2. The van der Waals surface area contributed by atoms with Crippen LogP contribution in [0.25, 0.3) is 0 Å². The Balaban J connectivity index is 0.00000289. The highest BCUT2D eigenvalue weighted by Gasteiger charge is 2.02. The number of carbonyl (C=O) groups is 2. The van der Waals surface area contributed by atoms with Gasteiger partial charge in [-0.3, -0.25) is 4.79 Å². The Morgan fingerprint density at radius 1 is 1.22 bits per heavy atom. The van der Waals surface area contributed by atoms with Crippen LogP contribution in [0.4, 0.5) is 16.2 Å². The molecule has 7 heteroatoms. The molecule has 0 saturated heterocycles. The summed E-state index contributed by atoms with van der Waals surface area (Å²) >= 11 is 0. The summed E-state index contributed by atoms with van der Waals surface area (Å²) in [6.45, 7) is 2.31. The smallest absolute Gasteiger partial charge is 0.319 e. The van der Waals surface area contributed by atoms with Crippen molar-refractivity contribution in [1.82, 2.24) is 5.32 Å². The number of nitrogens with one attached hydrogen (secondary N) is 3. The van der Waals surface area contributed by atoms with Gasteiger partial charge in [-0.25, -0.2) is 4.79 Å². The second-order valence-electron chi connectivity index (χ2n) is 3.32. The number of anilines is 2. The topological polar surface area (TPSA) is 96.2 Å². The summed E-state index contributed by atoms with van der Waals surface area (Å²) in [5.41, 5.74) is 6.38. The highest BCUT2D eigenvalue weighted by molar-refractivity contribution is 5.94. The Morgan fingerprint density at radius 2 is 1.83 bits per heavy atom. The lowest BCUT2D eigenvalue weighted by molar-refractivity contribution is -0.114. The maximum atomic E-state index is 11.3. The van der Waals surface area contributed by atoms with Crippen molar-refractivity contribution in [2.45, 2.75) is 6.92 Å². The normalized spacial score (nSPS) is 9.00. The molecule has 100 valence electrons. The average molecular weight is 273 g/mol. The zero-order chi connectivity index (χ0) is 12.7. The molecule has 1 rings (SSSR count). The lowest BCUT2D eigenvalue weighted by Gasteiger charge is -2.08. The van der Waals surface area contributed by atoms with E-state index in [1.54, 1.807) is 24.3 Å². The third-order valence-electron chi connectivity index (χ3n) is 1.93. The number of carbonyl (C=O) groups excluding carboxylic acids is 2. The molecule has 0 aliphatic carbocycles. The number of hydrogen-bond donors (Lipinski definition) is 4. The molecule has 0 aliphatic heterocycles. The predicted octanol–water partition coefficient (Wildman–Crippen LogP) is 1.15. The zero-order valence-electron chi connectivity index (χ0n) is 10.0. The quantitative estimate of drug-likeness (QED) is 0.662. The number of halogens is 1. The number of amides is 3. The second-order valence-corrected chi connectivity index (χ2v) is 3.32. The van der Waals surface area contributed by atoms with Crippen LogP contribution in [0, 0.1) is 0 Å². The van der Waals surface area contributed by atoms with Gasteiger partial charge in [-0.15, -0.1) is 12.4 Å². The fraction of sp³-hybridized carbons (Fsp3) is 0.273. The van der Waals surface area contributed by atoms with Crippen molar-refractivity contribution in [2.24, 2.45) is 5.73 Å². The Hall–Kier alpha value is -1.79. The lowest BCUT2D eigenvalue weighted by atomic mass is 10.2. The molecular weight excluding hydrogens is 256 g/mol. The van der Waals surface area contributed by atoms with Crippen molar-refractivity contribution in [3.63, 3.8) is 0 Å². The van der Waals surface area contributed by atoms with Crippen molar-refractivity contribution in [3.8, 4) is 0 Å². The number of benzene rings is 1. The van der Waals surface area contributed by atoms with Crippen LogP contribution in [0.1, 0.15) is 6.92 Å². The fourth-order valence-electron chi connectivity index (χ4n) is 1.22. The average Bonchev–Trinajstić information content (AvgIpc) is 2.29. The summed E-state index contributed by atoms with van der Waals surface area (Å²) in [4.78, 5) is 22.4. The van der Waals surface area contributed by atoms with Gasteiger partial charge >= 0.3 is 6.03 Å². The molecule has 0 spiro atoms. The fourth-order valence-corrected chi connectivity index (χ4v) is 1.22. The minimum atomic E-state index is -0.283. The van der Waals surface area contributed by atoms with E-state index < -0.39 is 0 Å². The highest BCUT2D eigenvalue weighted by atomic mass is 35.5. The van der Waals surface area contributed by atoms with Crippen LogP contribution in [-0.4, -0.2) is 25.0 Å². The summed E-state index contributed by atoms with van der Waals surface area (Å²) < 4.78 is 0. The van der Waals surface area contributed by atoms with Crippen molar-refractivity contribution in [3.05, 3.63) is 24.3 Å². The van der Waals surface area contributed by atoms with Crippen LogP contribution in [0.15, 0.2) is 24.3 Å². The molecule has 0 atom stereocenters. The molecule has 0 unspecified atom stereocenters. The first-order valence-electron chi connectivity index (χ1n) is 5.30. The first kappa shape index (κ1) is 16.2. The Kier molecular flexibility index (Phi) is 7.50. The minimum absolute atomic E-state index is 0. The number of nitrogens with two attached hydrogens (primary N) is 1. The standard InChI is InChI=1S/C11H16N4O2.ClH/c1-2-13-11(17)15-9-5-3-4-8(6-9)14-10(16)7-12;/h3-6H,2,7,12H2,1H3,(H,14,16)(H2,13,15,17);1H. The molecule has 0 fully saturated rings. The Morgan fingerprint density at radius 3 is 2.39 bits per heavy atom. The molecule has 18 heavy (non-hydrogen) atoms. The van der Waals surface area contributed by atoms with Crippen LogP contribution < -0.4 is 21.7 Å². The maximum absolute atomic E-state index is 11.3. The predicted molar refractivity (Wildman–Crippen MR) is 74.1 cm³/mol. The SMILES string of the molecule is CCNC(=O)Nc1cccc(NC(=O)CN)c1.Cl. The number of hydrogen-bond acceptors (Lipinski definition) is 3. The molecule has 0 saturated carbocycles. The van der Waals surface area contributed by atoms with Crippen molar-refractivity contribution >= 4 is 35.7 Å². The van der Waals surface area contributed by atoms with E-state index in [-0.39, 0.29) is 30.9 Å². The van der Waals surface area contributed by atoms with E-state index in [4.69, 9.17) is 5.73 Å². The monoisotopic (exact) mass is 272 g/mol. The Labute approximate surface area is 112 Å². The van der Waals surface area contributed by atoms with E-state index in [9.17, 15) is 9.59 Å². The van der Waals surface area contributed by atoms with Crippen molar-refractivity contribution in [1.29, 1.82) is 0 Å². The molecule has 0 bridgehead atoms. The largest absolute Gasteiger partial charge is 0.338 e. The lowest BCUT2D eigenvalue weighted by Crippen LogP contribution is -2.28. The van der Waals surface area contributed by atoms with Crippen LogP contribution >= 0.6 is 12.4 Å². The van der Waals surface area contributed by atoms with Crippen molar-refractivity contribution in [2.75, 3.05) is 23.7 Å². The van der Waals surface area contributed by atoms with Crippen LogP contribution in [0.5, 0.6) is 0 Å². The third kappa shape index (κ3) is 5.51. The summed E-state index contributed by atoms with van der Waals surface area (Å²) in [5.74, 6) is -0.278. The van der Waals surface area contributed by atoms with Gasteiger partial charge in [0, 0.05) is 17.9 Å². The first-order chi connectivity index (χ1) is 8.15. The molecule has 5 N–H and O–H groups in total. The number of rotatable bonds is 4. The maximum Gasteiger partial charge on any atom is 0.319 e. The van der Waals surface area contributed by atoms with Gasteiger partial charge in [-0.1, -0.05) is 6.07 Å². The third-order valence-corrected chi connectivity index (χ3v) is 1.93. The minimum Gasteiger partial charge on any atom is -0.338 e. The van der Waals surface area contributed by atoms with Gasteiger partial charge in [0.05, 0.1) is 6.54 Å². The van der Waals surface area contributed by atoms with Gasteiger partial charge in [0.15, 0.2) is 0 Å². The molecule has 0 heterocycles. The zero-order valence-corrected chi connectivity index (χ0v) is 10.8. The Bertz CT molecular complexity index is 412. The first-order valence-corrected chi connectivity index (χ1v) is 5.30. The van der Waals surface area contributed by atoms with E-state index in [2.05, 4.69) is 16.0 Å². The van der Waals surface area contributed by atoms with Crippen molar-refractivity contribution < 1.29 is 9.59 Å². The van der Waals surface area contributed by atoms with Gasteiger partial charge in [0.1, 0.15) is 0 Å². The molecule has 1 aromatic rings. The summed E-state index contributed by atoms with van der Waals surface area (Å²) in [6, 6.07) is 6.55. The van der Waals surface area contributed by atoms with Crippen LogP contribution in [0.2, 0.25) is 0 Å². The van der Waals surface area contributed by atoms with E-state index in [1.807, 2.05) is 6.92 Å². The van der Waals surface area contributed by atoms with Gasteiger partial charge < -0.3 is 21.7 Å². The second kappa shape index (κ2) is 8.32. The molecule has 0 aliphatic rings. The molecule has 6 nitrogen and oxygen atoms in total. The molecule has 3 amide bonds. The van der Waals surface area contributed by atoms with E-state index in [0.717, 1.165) is 0 Å². The summed E-state index contributed by atoms with van der Waals surface area (Å²) in [7, 11) is 0. The highest BCUT2D eigenvalue weighted by Crippen LogP contribution is 2.14. The van der Waals surface area contributed by atoms with Gasteiger partial charge in [-0.05, 0) is 25.1 Å². The number of urea groups is 1. The molecule has 1 aromatic carbocycles. The van der Waals surface area contributed by atoms with E-state index in [1.165, 1.54) is 0 Å². The van der Waals surface area contributed by atoms with Gasteiger partial charge in [0.25, 0.3) is 0 Å². The van der Waals surface area contributed by atoms with Gasteiger partial charge in [-0.2, -0.15) is 0 Å². The van der Waals surface area contributed by atoms with E-state index >= 15 is 0 Å².